The minimum Gasteiger partial charge on any atom is -0.320 e. The van der Waals surface area contributed by atoms with Gasteiger partial charge in [-0.25, -0.2) is 0 Å². The summed E-state index contributed by atoms with van der Waals surface area (Å²) in [4.78, 5) is 25.5. The summed E-state index contributed by atoms with van der Waals surface area (Å²) in [5.41, 5.74) is 2.70. The lowest BCUT2D eigenvalue weighted by molar-refractivity contribution is 0.101. The van der Waals surface area contributed by atoms with Gasteiger partial charge >= 0.3 is 0 Å². The average molecular weight is 405 g/mol. The molecule has 0 atom stereocenters. The molecule has 3 rings (SSSR count). The molecule has 0 radical (unpaired) electrons. The lowest BCUT2D eigenvalue weighted by Crippen LogP contribution is -2.26. The minimum atomic E-state index is -0.318. The molecule has 6 heteroatoms. The second kappa shape index (κ2) is 8.53. The van der Waals surface area contributed by atoms with Crippen LogP contribution in [0.2, 0.25) is 0 Å². The molecule has 0 saturated carbocycles. The number of rotatable bonds is 5. The van der Waals surface area contributed by atoms with Gasteiger partial charge in [0.1, 0.15) is 0 Å². The largest absolute Gasteiger partial charge is 0.320 e. The number of anilines is 2. The summed E-state index contributed by atoms with van der Waals surface area (Å²) in [6.07, 6.45) is 0. The Hall–Kier alpha value is -3.41. The molecule has 3 aromatic rings. The molecule has 0 bridgehead atoms. The van der Waals surface area contributed by atoms with Gasteiger partial charge in [-0.2, -0.15) is 5.10 Å². The molecule has 6 nitrogen and oxygen atoms in total. The Balaban J connectivity index is 1.84. The summed E-state index contributed by atoms with van der Waals surface area (Å²) in [5, 5.41) is 10.3. The van der Waals surface area contributed by atoms with Crippen molar-refractivity contribution < 1.29 is 9.59 Å². The zero-order valence-electron chi connectivity index (χ0n) is 18.1. The fourth-order valence-corrected chi connectivity index (χ4v) is 3.13. The van der Waals surface area contributed by atoms with Crippen LogP contribution in [0, 0.1) is 0 Å². The van der Waals surface area contributed by atoms with E-state index in [1.807, 2.05) is 22.9 Å². The van der Waals surface area contributed by atoms with E-state index in [1.165, 1.54) is 0 Å². The first-order valence-electron chi connectivity index (χ1n) is 10.0. The molecule has 30 heavy (non-hydrogen) atoms. The van der Waals surface area contributed by atoms with Crippen molar-refractivity contribution in [1.82, 2.24) is 9.78 Å². The summed E-state index contributed by atoms with van der Waals surface area (Å²) < 4.78 is 1.90. The molecule has 0 aliphatic carbocycles. The molecule has 2 amide bonds. The number of amides is 2. The number of nitrogens with one attached hydrogen (secondary N) is 2. The second-order valence-electron chi connectivity index (χ2n) is 8.51. The highest BCUT2D eigenvalue weighted by Gasteiger charge is 2.24. The first kappa shape index (κ1) is 21.3. The van der Waals surface area contributed by atoms with Gasteiger partial charge in [0.05, 0.1) is 16.9 Å². The highest BCUT2D eigenvalue weighted by atomic mass is 16.2. The van der Waals surface area contributed by atoms with Crippen molar-refractivity contribution in [3.63, 3.8) is 0 Å². The molecule has 156 valence electrons. The SMILES string of the molecule is CC(C)c1cc(C(=O)Nc2ccccc2NC(=O)c2ccccc2)nn1C(C)(C)C. The molecule has 1 heterocycles. The van der Waals surface area contributed by atoms with Crippen LogP contribution in [0.3, 0.4) is 0 Å². The van der Waals surface area contributed by atoms with Crippen molar-refractivity contribution in [3.8, 4) is 0 Å². The van der Waals surface area contributed by atoms with Crippen molar-refractivity contribution >= 4 is 23.2 Å². The topological polar surface area (TPSA) is 76.0 Å². The molecule has 0 unspecified atom stereocenters. The third kappa shape index (κ3) is 4.76. The van der Waals surface area contributed by atoms with Crippen LogP contribution in [-0.4, -0.2) is 21.6 Å². The number of benzene rings is 2. The highest BCUT2D eigenvalue weighted by molar-refractivity contribution is 6.09. The van der Waals surface area contributed by atoms with Gasteiger partial charge in [-0.3, -0.25) is 14.3 Å². The van der Waals surface area contributed by atoms with Gasteiger partial charge in [-0.05, 0) is 57.0 Å². The number of carbonyl (C=O) groups is 2. The molecule has 0 aliphatic rings. The number of hydrogen-bond acceptors (Lipinski definition) is 3. The third-order valence-electron chi connectivity index (χ3n) is 4.66. The summed E-state index contributed by atoms with van der Waals surface area (Å²) in [6.45, 7) is 10.3. The molecule has 1 aromatic heterocycles. The Bertz CT molecular complexity index is 1050. The maximum Gasteiger partial charge on any atom is 0.276 e. The Morgan fingerprint density at radius 1 is 0.867 bits per heavy atom. The molecular weight excluding hydrogens is 376 g/mol. The van der Waals surface area contributed by atoms with Crippen LogP contribution in [0.25, 0.3) is 0 Å². The van der Waals surface area contributed by atoms with Crippen molar-refractivity contribution in [2.75, 3.05) is 10.6 Å². The van der Waals surface area contributed by atoms with E-state index >= 15 is 0 Å². The number of nitrogens with zero attached hydrogens (tertiary/aromatic N) is 2. The summed E-state index contributed by atoms with van der Waals surface area (Å²) in [6, 6.07) is 17.9. The van der Waals surface area contributed by atoms with E-state index in [2.05, 4.69) is 50.4 Å². The summed E-state index contributed by atoms with van der Waals surface area (Å²) in [7, 11) is 0. The van der Waals surface area contributed by atoms with Crippen LogP contribution in [0.4, 0.5) is 11.4 Å². The molecule has 0 spiro atoms. The van der Waals surface area contributed by atoms with E-state index in [1.54, 1.807) is 42.5 Å². The highest BCUT2D eigenvalue weighted by Crippen LogP contribution is 2.26. The van der Waals surface area contributed by atoms with E-state index in [4.69, 9.17) is 0 Å². The standard InChI is InChI=1S/C24H28N4O2/c1-16(2)21-15-20(27-28(21)24(3,4)5)23(30)26-19-14-10-9-13-18(19)25-22(29)17-11-7-6-8-12-17/h6-16H,1-5H3,(H,25,29)(H,26,30). The van der Waals surface area contributed by atoms with Crippen LogP contribution in [0.5, 0.6) is 0 Å². The Kier molecular flexibility index (Phi) is 6.06. The maximum atomic E-state index is 12.9. The molecule has 0 fully saturated rings. The predicted octanol–water partition coefficient (Wildman–Crippen LogP) is 5.27. The minimum absolute atomic E-state index is 0.232. The molecule has 0 aliphatic heterocycles. The quantitative estimate of drug-likeness (QED) is 0.608. The van der Waals surface area contributed by atoms with Crippen LogP contribution < -0.4 is 10.6 Å². The van der Waals surface area contributed by atoms with Crippen LogP contribution >= 0.6 is 0 Å². The number of hydrogen-bond donors (Lipinski definition) is 2. The molecule has 2 N–H and O–H groups in total. The van der Waals surface area contributed by atoms with Gasteiger partial charge in [-0.1, -0.05) is 44.2 Å². The second-order valence-corrected chi connectivity index (χ2v) is 8.51. The van der Waals surface area contributed by atoms with Gasteiger partial charge in [0.15, 0.2) is 5.69 Å². The van der Waals surface area contributed by atoms with Crippen molar-refractivity contribution in [2.24, 2.45) is 0 Å². The van der Waals surface area contributed by atoms with Gasteiger partial charge in [0.2, 0.25) is 0 Å². The maximum absolute atomic E-state index is 12.9. The van der Waals surface area contributed by atoms with E-state index in [9.17, 15) is 9.59 Å². The lowest BCUT2D eigenvalue weighted by atomic mass is 10.1. The fourth-order valence-electron chi connectivity index (χ4n) is 3.13. The fraction of sp³-hybridized carbons (Fsp3) is 0.292. The lowest BCUT2D eigenvalue weighted by Gasteiger charge is -2.23. The number of carbonyl (C=O) groups excluding carboxylic acids is 2. The van der Waals surface area contributed by atoms with Crippen LogP contribution in [0.1, 0.15) is 67.1 Å². The normalized spacial score (nSPS) is 11.4. The van der Waals surface area contributed by atoms with Crippen molar-refractivity contribution in [3.05, 3.63) is 77.6 Å². The Morgan fingerprint density at radius 3 is 1.90 bits per heavy atom. The third-order valence-corrected chi connectivity index (χ3v) is 4.66. The van der Waals surface area contributed by atoms with Crippen LogP contribution in [0.15, 0.2) is 60.7 Å². The first-order chi connectivity index (χ1) is 14.2. The Labute approximate surface area is 177 Å². The monoisotopic (exact) mass is 404 g/mol. The van der Waals surface area contributed by atoms with Crippen LogP contribution in [-0.2, 0) is 5.54 Å². The first-order valence-corrected chi connectivity index (χ1v) is 10.0. The predicted molar refractivity (Wildman–Crippen MR) is 120 cm³/mol. The zero-order chi connectivity index (χ0) is 21.9. The van der Waals surface area contributed by atoms with Gasteiger partial charge in [-0.15, -0.1) is 0 Å². The molecular formula is C24H28N4O2. The average Bonchev–Trinajstić information content (AvgIpc) is 3.17. The van der Waals surface area contributed by atoms with Crippen molar-refractivity contribution in [1.29, 1.82) is 0 Å². The van der Waals surface area contributed by atoms with E-state index in [-0.39, 0.29) is 23.3 Å². The van der Waals surface area contributed by atoms with E-state index in [0.29, 0.717) is 22.6 Å². The molecule has 2 aromatic carbocycles. The van der Waals surface area contributed by atoms with Gasteiger partial charge in [0, 0.05) is 11.3 Å². The molecule has 0 saturated heterocycles. The summed E-state index contributed by atoms with van der Waals surface area (Å²) >= 11 is 0. The van der Waals surface area contributed by atoms with E-state index in [0.717, 1.165) is 5.69 Å². The smallest absolute Gasteiger partial charge is 0.276 e. The summed E-state index contributed by atoms with van der Waals surface area (Å²) in [5.74, 6) is -0.326. The zero-order valence-corrected chi connectivity index (χ0v) is 18.1. The van der Waals surface area contributed by atoms with Crippen molar-refractivity contribution in [2.45, 2.75) is 46.1 Å². The number of aromatic nitrogens is 2. The van der Waals surface area contributed by atoms with Gasteiger partial charge < -0.3 is 10.6 Å². The van der Waals surface area contributed by atoms with Gasteiger partial charge in [0.25, 0.3) is 11.8 Å². The Morgan fingerprint density at radius 2 is 1.40 bits per heavy atom. The number of para-hydroxylation sites is 2. The van der Waals surface area contributed by atoms with E-state index < -0.39 is 0 Å².